The average Bonchev–Trinajstić information content (AvgIpc) is 2.42. The van der Waals surface area contributed by atoms with Crippen molar-refractivity contribution in [1.82, 2.24) is 9.97 Å². The van der Waals surface area contributed by atoms with Crippen molar-refractivity contribution in [3.8, 4) is 11.4 Å². The molecule has 1 heterocycles. The van der Waals surface area contributed by atoms with E-state index in [1.807, 2.05) is 31.2 Å². The van der Waals surface area contributed by atoms with E-state index in [2.05, 4.69) is 9.97 Å². The van der Waals surface area contributed by atoms with Crippen molar-refractivity contribution in [2.24, 2.45) is 0 Å². The summed E-state index contributed by atoms with van der Waals surface area (Å²) in [5.41, 5.74) is 2.15. The Labute approximate surface area is 119 Å². The van der Waals surface area contributed by atoms with Gasteiger partial charge in [0, 0.05) is 17.0 Å². The van der Waals surface area contributed by atoms with Gasteiger partial charge in [-0.15, -0.1) is 0 Å². The van der Waals surface area contributed by atoms with Gasteiger partial charge in [0.15, 0.2) is 17.5 Å². The lowest BCUT2D eigenvalue weighted by molar-refractivity contribution is 0.510. The first-order chi connectivity index (χ1) is 9.54. The summed E-state index contributed by atoms with van der Waals surface area (Å²) in [6.45, 7) is 1.97. The number of aryl methyl sites for hydroxylation is 1. The van der Waals surface area contributed by atoms with Crippen LogP contribution in [0.15, 0.2) is 36.4 Å². The molecule has 5 heteroatoms. The van der Waals surface area contributed by atoms with Crippen LogP contribution in [-0.2, 0) is 0 Å². The van der Waals surface area contributed by atoms with Crippen molar-refractivity contribution in [3.05, 3.63) is 58.7 Å². The summed E-state index contributed by atoms with van der Waals surface area (Å²) in [4.78, 5) is 8.37. The van der Waals surface area contributed by atoms with Gasteiger partial charge in [-0.05, 0) is 13.0 Å². The molecule has 0 saturated carbocycles. The number of benzene rings is 2. The van der Waals surface area contributed by atoms with Crippen LogP contribution in [0.5, 0.6) is 0 Å². The van der Waals surface area contributed by atoms with Crippen molar-refractivity contribution < 1.29 is 8.78 Å². The monoisotopic (exact) mass is 290 g/mol. The average molecular weight is 291 g/mol. The Morgan fingerprint density at radius 2 is 1.60 bits per heavy atom. The minimum atomic E-state index is -0.967. The molecule has 3 rings (SSSR count). The first-order valence-electron chi connectivity index (χ1n) is 5.94. The molecule has 0 bridgehead atoms. The summed E-state index contributed by atoms with van der Waals surface area (Å²) in [6, 6.07) is 9.57. The number of fused-ring (bicyclic) bond motifs is 1. The fourth-order valence-corrected chi connectivity index (χ4v) is 2.15. The molecule has 0 radical (unpaired) electrons. The van der Waals surface area contributed by atoms with Crippen LogP contribution in [0, 0.1) is 18.6 Å². The van der Waals surface area contributed by atoms with Gasteiger partial charge in [0.2, 0.25) is 0 Å². The van der Waals surface area contributed by atoms with Crippen LogP contribution in [0.25, 0.3) is 22.3 Å². The zero-order chi connectivity index (χ0) is 14.3. The Morgan fingerprint density at radius 3 is 2.30 bits per heavy atom. The Balaban J connectivity index is 2.23. The molecular weight excluding hydrogens is 282 g/mol. The molecule has 0 aliphatic carbocycles. The summed E-state index contributed by atoms with van der Waals surface area (Å²) < 4.78 is 26.5. The molecule has 0 atom stereocenters. The van der Waals surface area contributed by atoms with Crippen LogP contribution in [0.1, 0.15) is 5.56 Å². The van der Waals surface area contributed by atoms with Gasteiger partial charge in [0.1, 0.15) is 5.15 Å². The molecule has 3 aromatic rings. The highest BCUT2D eigenvalue weighted by atomic mass is 35.5. The molecule has 1 aromatic heterocycles. The maximum atomic E-state index is 13.3. The first-order valence-corrected chi connectivity index (χ1v) is 6.32. The summed E-state index contributed by atoms with van der Waals surface area (Å²) in [5.74, 6) is -1.54. The molecule has 2 aromatic carbocycles. The lowest BCUT2D eigenvalue weighted by Crippen LogP contribution is -1.94. The normalized spacial score (nSPS) is 11.0. The van der Waals surface area contributed by atoms with Crippen LogP contribution in [0.4, 0.5) is 8.78 Å². The van der Waals surface area contributed by atoms with Crippen LogP contribution in [0.2, 0.25) is 5.15 Å². The summed E-state index contributed by atoms with van der Waals surface area (Å²) >= 11 is 6.03. The SMILES string of the molecule is Cc1ccc(-c2nc(Cl)c3cc(F)c(F)cc3n2)cc1. The minimum absolute atomic E-state index is 0.101. The van der Waals surface area contributed by atoms with Crippen LogP contribution in [-0.4, -0.2) is 9.97 Å². The second-order valence-corrected chi connectivity index (χ2v) is 4.85. The van der Waals surface area contributed by atoms with Gasteiger partial charge in [-0.25, -0.2) is 18.7 Å². The molecule has 0 N–H and O–H groups in total. The first kappa shape index (κ1) is 12.9. The van der Waals surface area contributed by atoms with Crippen molar-refractivity contribution in [2.45, 2.75) is 6.92 Å². The second kappa shape index (κ2) is 4.80. The second-order valence-electron chi connectivity index (χ2n) is 4.49. The van der Waals surface area contributed by atoms with Gasteiger partial charge < -0.3 is 0 Å². The Bertz CT molecular complexity index is 801. The van der Waals surface area contributed by atoms with Crippen LogP contribution >= 0.6 is 11.6 Å². The third-order valence-electron chi connectivity index (χ3n) is 3.00. The summed E-state index contributed by atoms with van der Waals surface area (Å²) in [5, 5.41) is 0.394. The Kier molecular flexibility index (Phi) is 3.10. The van der Waals surface area contributed by atoms with E-state index in [0.29, 0.717) is 11.2 Å². The maximum absolute atomic E-state index is 13.3. The lowest BCUT2D eigenvalue weighted by Gasteiger charge is -2.05. The van der Waals surface area contributed by atoms with Gasteiger partial charge in [-0.3, -0.25) is 0 Å². The number of halogens is 3. The molecule has 2 nitrogen and oxygen atoms in total. The molecule has 0 aliphatic rings. The molecule has 20 heavy (non-hydrogen) atoms. The molecule has 0 amide bonds. The Morgan fingerprint density at radius 1 is 0.950 bits per heavy atom. The predicted molar refractivity (Wildman–Crippen MR) is 74.6 cm³/mol. The zero-order valence-corrected chi connectivity index (χ0v) is 11.2. The molecule has 0 saturated heterocycles. The van der Waals surface area contributed by atoms with E-state index in [1.54, 1.807) is 0 Å². The number of nitrogens with zero attached hydrogens (tertiary/aromatic N) is 2. The molecular formula is C15H9ClF2N2. The maximum Gasteiger partial charge on any atom is 0.161 e. The Hall–Kier alpha value is -2.07. The lowest BCUT2D eigenvalue weighted by atomic mass is 10.1. The van der Waals surface area contributed by atoms with Crippen molar-refractivity contribution in [2.75, 3.05) is 0 Å². The summed E-state index contributed by atoms with van der Waals surface area (Å²) in [7, 11) is 0. The number of aromatic nitrogens is 2. The van der Waals surface area contributed by atoms with Gasteiger partial charge in [0.25, 0.3) is 0 Å². The van der Waals surface area contributed by atoms with Gasteiger partial charge in [0.05, 0.1) is 5.52 Å². The van der Waals surface area contributed by atoms with Gasteiger partial charge >= 0.3 is 0 Å². The third kappa shape index (κ3) is 2.23. The molecule has 0 unspecified atom stereocenters. The van der Waals surface area contributed by atoms with E-state index < -0.39 is 11.6 Å². The topological polar surface area (TPSA) is 25.8 Å². The van der Waals surface area contributed by atoms with E-state index in [4.69, 9.17) is 11.6 Å². The highest BCUT2D eigenvalue weighted by Crippen LogP contribution is 2.26. The van der Waals surface area contributed by atoms with E-state index in [-0.39, 0.29) is 10.7 Å². The minimum Gasteiger partial charge on any atom is -0.228 e. The quantitative estimate of drug-likeness (QED) is 0.615. The molecule has 0 aliphatic heterocycles. The molecule has 0 fully saturated rings. The zero-order valence-electron chi connectivity index (χ0n) is 10.5. The van der Waals surface area contributed by atoms with Gasteiger partial charge in [-0.1, -0.05) is 41.4 Å². The van der Waals surface area contributed by atoms with E-state index in [0.717, 1.165) is 23.3 Å². The molecule has 0 spiro atoms. The third-order valence-corrected chi connectivity index (χ3v) is 3.29. The largest absolute Gasteiger partial charge is 0.228 e. The highest BCUT2D eigenvalue weighted by Gasteiger charge is 2.11. The van der Waals surface area contributed by atoms with Crippen molar-refractivity contribution >= 4 is 22.5 Å². The predicted octanol–water partition coefficient (Wildman–Crippen LogP) is 4.54. The fourth-order valence-electron chi connectivity index (χ4n) is 1.92. The van der Waals surface area contributed by atoms with Crippen LogP contribution in [0.3, 0.4) is 0 Å². The molecule has 100 valence electrons. The summed E-state index contributed by atoms with van der Waals surface area (Å²) in [6.07, 6.45) is 0. The van der Waals surface area contributed by atoms with Crippen LogP contribution < -0.4 is 0 Å². The van der Waals surface area contributed by atoms with Crippen molar-refractivity contribution in [3.63, 3.8) is 0 Å². The smallest absolute Gasteiger partial charge is 0.161 e. The van der Waals surface area contributed by atoms with Crippen molar-refractivity contribution in [1.29, 1.82) is 0 Å². The number of hydrogen-bond donors (Lipinski definition) is 0. The fraction of sp³-hybridized carbons (Fsp3) is 0.0667. The van der Waals surface area contributed by atoms with Gasteiger partial charge in [-0.2, -0.15) is 0 Å². The highest BCUT2D eigenvalue weighted by molar-refractivity contribution is 6.34. The standard InChI is InChI=1S/C15H9ClF2N2/c1-8-2-4-9(5-3-8)15-19-13-7-12(18)11(17)6-10(13)14(16)20-15/h2-7H,1H3. The number of hydrogen-bond acceptors (Lipinski definition) is 2. The van der Waals surface area contributed by atoms with E-state index >= 15 is 0 Å². The number of rotatable bonds is 1. The van der Waals surface area contributed by atoms with E-state index in [1.165, 1.54) is 0 Å². The van der Waals surface area contributed by atoms with E-state index in [9.17, 15) is 8.78 Å².